The van der Waals surface area contributed by atoms with Crippen molar-refractivity contribution in [3.8, 4) is 0 Å². The second-order valence-corrected chi connectivity index (χ2v) is 4.47. The van der Waals surface area contributed by atoms with Crippen LogP contribution in [0.3, 0.4) is 0 Å². The predicted molar refractivity (Wildman–Crippen MR) is 62.0 cm³/mol. The van der Waals surface area contributed by atoms with Crippen molar-refractivity contribution in [2.45, 2.75) is 32.0 Å². The van der Waals surface area contributed by atoms with E-state index in [2.05, 4.69) is 6.58 Å². The summed E-state index contributed by atoms with van der Waals surface area (Å²) >= 11 is 0. The van der Waals surface area contributed by atoms with Crippen LogP contribution in [0.2, 0.25) is 0 Å². The van der Waals surface area contributed by atoms with Crippen molar-refractivity contribution in [3.63, 3.8) is 0 Å². The Hall–Kier alpha value is -1.36. The fourth-order valence-electron chi connectivity index (χ4n) is 2.14. The van der Waals surface area contributed by atoms with Gasteiger partial charge in [-0.25, -0.2) is 4.79 Å². The Labute approximate surface area is 101 Å². The summed E-state index contributed by atoms with van der Waals surface area (Å²) in [6, 6.07) is 0. The van der Waals surface area contributed by atoms with Crippen molar-refractivity contribution >= 4 is 12.4 Å². The Morgan fingerprint density at radius 1 is 1.71 bits per heavy atom. The van der Waals surface area contributed by atoms with E-state index in [1.54, 1.807) is 6.08 Å². The van der Waals surface area contributed by atoms with Crippen molar-refractivity contribution < 1.29 is 19.1 Å². The highest BCUT2D eigenvalue weighted by Crippen LogP contribution is 2.33. The van der Waals surface area contributed by atoms with Gasteiger partial charge in [0.05, 0.1) is 13.7 Å². The van der Waals surface area contributed by atoms with E-state index in [-0.39, 0.29) is 12.5 Å². The fourth-order valence-corrected chi connectivity index (χ4v) is 2.14. The second-order valence-electron chi connectivity index (χ2n) is 4.47. The summed E-state index contributed by atoms with van der Waals surface area (Å²) in [5.41, 5.74) is -1.06. The number of amides is 1. The summed E-state index contributed by atoms with van der Waals surface area (Å²) in [5.74, 6) is -0.357. The number of ether oxygens (including phenoxy) is 2. The Kier molecular flexibility index (Phi) is 4.28. The number of carbonyl (C=O) groups is 2. The van der Waals surface area contributed by atoms with Crippen LogP contribution < -0.4 is 0 Å². The number of carbonyl (C=O) groups excluding carboxylic acids is 2. The van der Waals surface area contributed by atoms with Crippen molar-refractivity contribution in [3.05, 3.63) is 12.7 Å². The Balaban J connectivity index is 3.09. The number of hydrogen-bond acceptors (Lipinski definition) is 4. The van der Waals surface area contributed by atoms with Gasteiger partial charge < -0.3 is 9.47 Å². The predicted octanol–water partition coefficient (Wildman–Crippen LogP) is 0.945. The van der Waals surface area contributed by atoms with Gasteiger partial charge >= 0.3 is 5.97 Å². The lowest BCUT2D eigenvalue weighted by molar-refractivity contribution is -0.157. The highest BCUT2D eigenvalue weighted by Gasteiger charge is 2.53. The molecular formula is C12H19NO4. The van der Waals surface area contributed by atoms with Crippen LogP contribution in [0, 0.1) is 5.92 Å². The molecule has 0 aliphatic carbocycles. The fraction of sp³-hybridized carbons (Fsp3) is 0.667. The van der Waals surface area contributed by atoms with Gasteiger partial charge in [0.25, 0.3) is 0 Å². The zero-order valence-corrected chi connectivity index (χ0v) is 10.5. The van der Waals surface area contributed by atoms with Gasteiger partial charge in [0, 0.05) is 6.42 Å². The molecule has 1 heterocycles. The van der Waals surface area contributed by atoms with E-state index in [0.717, 1.165) is 0 Å². The lowest BCUT2D eigenvalue weighted by Crippen LogP contribution is -2.55. The van der Waals surface area contributed by atoms with Gasteiger partial charge in [-0.2, -0.15) is 0 Å². The molecule has 5 heteroatoms. The van der Waals surface area contributed by atoms with Crippen molar-refractivity contribution in [2.24, 2.45) is 5.92 Å². The van der Waals surface area contributed by atoms with Crippen LogP contribution in [0.1, 0.15) is 20.3 Å². The number of rotatable bonds is 5. The highest BCUT2D eigenvalue weighted by molar-refractivity contribution is 5.84. The lowest BCUT2D eigenvalue weighted by Gasteiger charge is -2.34. The summed E-state index contributed by atoms with van der Waals surface area (Å²) in [6.07, 6.45) is 2.17. The number of esters is 1. The average Bonchev–Trinajstić information content (AvgIpc) is 2.68. The van der Waals surface area contributed by atoms with Crippen molar-refractivity contribution in [1.29, 1.82) is 0 Å². The summed E-state index contributed by atoms with van der Waals surface area (Å²) in [6.45, 7) is 7.63. The van der Waals surface area contributed by atoms with Gasteiger partial charge in [0.1, 0.15) is 6.23 Å². The molecule has 96 valence electrons. The largest absolute Gasteiger partial charge is 0.467 e. The molecule has 0 bridgehead atoms. The molecule has 1 aliphatic heterocycles. The average molecular weight is 241 g/mol. The maximum atomic E-state index is 11.9. The zero-order valence-electron chi connectivity index (χ0n) is 10.5. The van der Waals surface area contributed by atoms with Crippen molar-refractivity contribution in [2.75, 3.05) is 13.7 Å². The minimum atomic E-state index is -1.06. The highest BCUT2D eigenvalue weighted by atomic mass is 16.5. The third kappa shape index (κ3) is 2.20. The molecule has 0 aromatic heterocycles. The van der Waals surface area contributed by atoms with Gasteiger partial charge in [-0.3, -0.25) is 9.69 Å². The summed E-state index contributed by atoms with van der Waals surface area (Å²) in [5, 5.41) is 0. The smallest absolute Gasteiger partial charge is 0.334 e. The first-order valence-electron chi connectivity index (χ1n) is 5.58. The molecule has 0 aromatic rings. The molecule has 5 nitrogen and oxygen atoms in total. The molecule has 0 saturated carbocycles. The van der Waals surface area contributed by atoms with Crippen LogP contribution in [-0.4, -0.2) is 42.8 Å². The Morgan fingerprint density at radius 3 is 2.76 bits per heavy atom. The molecule has 0 N–H and O–H groups in total. The first kappa shape index (κ1) is 13.7. The number of methoxy groups -OCH3 is 1. The Morgan fingerprint density at radius 2 is 2.35 bits per heavy atom. The first-order valence-corrected chi connectivity index (χ1v) is 5.58. The van der Waals surface area contributed by atoms with E-state index in [0.29, 0.717) is 12.8 Å². The van der Waals surface area contributed by atoms with Gasteiger partial charge in [0.15, 0.2) is 5.54 Å². The topological polar surface area (TPSA) is 55.8 Å². The third-order valence-corrected chi connectivity index (χ3v) is 2.99. The standard InChI is InChI=1S/C12H19NO4/c1-5-6-12(11(15)16-4)7-17-10(9(2)3)13(12)8-14/h5,8-10H,1,6-7H2,2-4H3/t10-,12+/m1/s1. The van der Waals surface area contributed by atoms with Gasteiger partial charge in [0.2, 0.25) is 6.41 Å². The van der Waals surface area contributed by atoms with E-state index < -0.39 is 17.7 Å². The SMILES string of the molecule is C=CC[C@@]1(C(=O)OC)CO[C@H](C(C)C)N1C=O. The van der Waals surface area contributed by atoms with E-state index >= 15 is 0 Å². The molecule has 17 heavy (non-hydrogen) atoms. The van der Waals surface area contributed by atoms with E-state index in [1.807, 2.05) is 13.8 Å². The molecule has 0 radical (unpaired) electrons. The lowest BCUT2D eigenvalue weighted by atomic mass is 9.94. The normalized spacial score (nSPS) is 28.2. The summed E-state index contributed by atoms with van der Waals surface area (Å²) < 4.78 is 10.3. The zero-order chi connectivity index (χ0) is 13.1. The molecule has 0 spiro atoms. The third-order valence-electron chi connectivity index (χ3n) is 2.99. The summed E-state index contributed by atoms with van der Waals surface area (Å²) in [4.78, 5) is 24.6. The summed E-state index contributed by atoms with van der Waals surface area (Å²) in [7, 11) is 1.30. The van der Waals surface area contributed by atoms with Crippen LogP contribution in [0.15, 0.2) is 12.7 Å². The molecule has 1 aliphatic rings. The molecule has 0 aromatic carbocycles. The maximum Gasteiger partial charge on any atom is 0.334 e. The minimum absolute atomic E-state index is 0.108. The molecule has 1 fully saturated rings. The van der Waals surface area contributed by atoms with Crippen LogP contribution in [0.25, 0.3) is 0 Å². The van der Waals surface area contributed by atoms with E-state index in [9.17, 15) is 9.59 Å². The quantitative estimate of drug-likeness (QED) is 0.408. The first-order chi connectivity index (χ1) is 8.03. The maximum absolute atomic E-state index is 11.9. The number of hydrogen-bond donors (Lipinski definition) is 0. The monoisotopic (exact) mass is 241 g/mol. The number of nitrogens with zero attached hydrogens (tertiary/aromatic N) is 1. The van der Waals surface area contributed by atoms with Crippen LogP contribution in [0.5, 0.6) is 0 Å². The minimum Gasteiger partial charge on any atom is -0.467 e. The molecule has 1 amide bonds. The second kappa shape index (κ2) is 5.31. The molecule has 1 rings (SSSR count). The van der Waals surface area contributed by atoms with E-state index in [4.69, 9.17) is 9.47 Å². The van der Waals surface area contributed by atoms with Gasteiger partial charge in [-0.1, -0.05) is 19.9 Å². The Bertz CT molecular complexity index is 316. The molecule has 2 atom stereocenters. The molecule has 1 saturated heterocycles. The van der Waals surface area contributed by atoms with Gasteiger partial charge in [-0.15, -0.1) is 6.58 Å². The molecular weight excluding hydrogens is 222 g/mol. The van der Waals surface area contributed by atoms with Gasteiger partial charge in [-0.05, 0) is 5.92 Å². The van der Waals surface area contributed by atoms with Crippen LogP contribution in [0.4, 0.5) is 0 Å². The van der Waals surface area contributed by atoms with Crippen LogP contribution >= 0.6 is 0 Å². The van der Waals surface area contributed by atoms with Crippen LogP contribution in [-0.2, 0) is 19.1 Å². The van der Waals surface area contributed by atoms with Crippen molar-refractivity contribution in [1.82, 2.24) is 4.90 Å². The molecule has 0 unspecified atom stereocenters. The van der Waals surface area contributed by atoms with E-state index in [1.165, 1.54) is 12.0 Å².